The van der Waals surface area contributed by atoms with E-state index in [1.54, 1.807) is 12.3 Å². The molecule has 2 aromatic rings. The van der Waals surface area contributed by atoms with Crippen LogP contribution in [-0.4, -0.2) is 42.6 Å². The van der Waals surface area contributed by atoms with Gasteiger partial charge >= 0.3 is 11.9 Å². The van der Waals surface area contributed by atoms with Crippen LogP contribution in [0.5, 0.6) is 0 Å². The van der Waals surface area contributed by atoms with E-state index < -0.39 is 30.5 Å². The van der Waals surface area contributed by atoms with Crippen molar-refractivity contribution >= 4 is 28.7 Å². The third-order valence-electron chi connectivity index (χ3n) is 4.13. The van der Waals surface area contributed by atoms with Gasteiger partial charge in [-0.2, -0.15) is 0 Å². The molecule has 25 heavy (non-hydrogen) atoms. The lowest BCUT2D eigenvalue weighted by molar-refractivity contribution is -0.147. The molecule has 1 aromatic carbocycles. The van der Waals surface area contributed by atoms with Crippen LogP contribution in [0.25, 0.3) is 10.9 Å². The molecule has 0 spiro atoms. The van der Waals surface area contributed by atoms with Crippen molar-refractivity contribution in [3.05, 3.63) is 36.0 Å². The summed E-state index contributed by atoms with van der Waals surface area (Å²) >= 11 is 0. The number of H-pyrrole nitrogens is 1. The number of esters is 2. The van der Waals surface area contributed by atoms with E-state index in [4.69, 9.17) is 9.47 Å². The number of para-hydroxylation sites is 1. The third-order valence-corrected chi connectivity index (χ3v) is 4.13. The SMILES string of the molecule is CC[C@H](C)[C@@H](NC(=O)COC(=O)c1c[nH]c2ccccc12)C(=O)OC. The van der Waals surface area contributed by atoms with Gasteiger partial charge in [-0.25, -0.2) is 9.59 Å². The fourth-order valence-electron chi connectivity index (χ4n) is 2.46. The standard InChI is InChI=1S/C18H22N2O5/c1-4-11(2)16(18(23)24-3)20-15(21)10-25-17(22)13-9-19-14-8-6-5-7-12(13)14/h5-9,11,16,19H,4,10H2,1-3H3,(H,20,21)/t11-,16+/m0/s1. The summed E-state index contributed by atoms with van der Waals surface area (Å²) in [5.74, 6) is -1.78. The Bertz CT molecular complexity index is 768. The first-order valence-corrected chi connectivity index (χ1v) is 8.08. The smallest absolute Gasteiger partial charge is 0.340 e. The van der Waals surface area contributed by atoms with E-state index in [1.807, 2.05) is 32.0 Å². The molecule has 7 heteroatoms. The number of aromatic nitrogens is 1. The van der Waals surface area contributed by atoms with Crippen molar-refractivity contribution in [1.29, 1.82) is 0 Å². The Balaban J connectivity index is 1.96. The number of nitrogens with one attached hydrogen (secondary N) is 2. The zero-order chi connectivity index (χ0) is 18.4. The van der Waals surface area contributed by atoms with E-state index >= 15 is 0 Å². The molecular weight excluding hydrogens is 324 g/mol. The zero-order valence-electron chi connectivity index (χ0n) is 14.5. The molecule has 0 bridgehead atoms. The van der Waals surface area contributed by atoms with Gasteiger partial charge in [0.2, 0.25) is 0 Å². The third kappa shape index (κ3) is 4.37. The van der Waals surface area contributed by atoms with Crippen LogP contribution >= 0.6 is 0 Å². The molecule has 1 heterocycles. The van der Waals surface area contributed by atoms with Gasteiger partial charge < -0.3 is 19.8 Å². The molecule has 1 amide bonds. The fraction of sp³-hybridized carbons (Fsp3) is 0.389. The average molecular weight is 346 g/mol. The topological polar surface area (TPSA) is 97.5 Å². The summed E-state index contributed by atoms with van der Waals surface area (Å²) in [7, 11) is 1.26. The van der Waals surface area contributed by atoms with Crippen LogP contribution in [0.2, 0.25) is 0 Å². The highest BCUT2D eigenvalue weighted by Crippen LogP contribution is 2.18. The highest BCUT2D eigenvalue weighted by molar-refractivity contribution is 6.04. The van der Waals surface area contributed by atoms with Gasteiger partial charge in [0, 0.05) is 17.1 Å². The number of hydrogen-bond donors (Lipinski definition) is 2. The summed E-state index contributed by atoms with van der Waals surface area (Å²) in [5.41, 5.74) is 1.16. The second-order valence-electron chi connectivity index (χ2n) is 5.78. The Morgan fingerprint density at radius 2 is 1.96 bits per heavy atom. The first kappa shape index (κ1) is 18.5. The van der Waals surface area contributed by atoms with E-state index in [9.17, 15) is 14.4 Å². The highest BCUT2D eigenvalue weighted by Gasteiger charge is 2.27. The molecule has 2 N–H and O–H groups in total. The quantitative estimate of drug-likeness (QED) is 0.748. The molecule has 0 radical (unpaired) electrons. The van der Waals surface area contributed by atoms with Crippen LogP contribution in [0.1, 0.15) is 30.6 Å². The predicted molar refractivity (Wildman–Crippen MR) is 92.0 cm³/mol. The minimum atomic E-state index is -0.769. The number of carbonyl (C=O) groups is 3. The molecular formula is C18H22N2O5. The lowest BCUT2D eigenvalue weighted by Gasteiger charge is -2.21. The first-order valence-electron chi connectivity index (χ1n) is 8.08. The van der Waals surface area contributed by atoms with Crippen molar-refractivity contribution in [3.8, 4) is 0 Å². The molecule has 1 aromatic heterocycles. The number of rotatable bonds is 7. The number of benzene rings is 1. The maximum atomic E-state index is 12.2. The van der Waals surface area contributed by atoms with Gasteiger partial charge in [-0.15, -0.1) is 0 Å². The average Bonchev–Trinajstić information content (AvgIpc) is 3.07. The van der Waals surface area contributed by atoms with Crippen LogP contribution in [0.3, 0.4) is 0 Å². The molecule has 0 saturated carbocycles. The normalized spacial score (nSPS) is 13.1. The van der Waals surface area contributed by atoms with Crippen LogP contribution in [0.4, 0.5) is 0 Å². The van der Waals surface area contributed by atoms with Crippen molar-refractivity contribution in [2.45, 2.75) is 26.3 Å². The zero-order valence-corrected chi connectivity index (χ0v) is 14.5. The first-order chi connectivity index (χ1) is 12.0. The van der Waals surface area contributed by atoms with Crippen molar-refractivity contribution < 1.29 is 23.9 Å². The fourth-order valence-corrected chi connectivity index (χ4v) is 2.46. The lowest BCUT2D eigenvalue weighted by Crippen LogP contribution is -2.47. The van der Waals surface area contributed by atoms with Gasteiger partial charge in [0.05, 0.1) is 12.7 Å². The number of methoxy groups -OCH3 is 1. The molecule has 0 saturated heterocycles. The Morgan fingerprint density at radius 1 is 1.24 bits per heavy atom. The Labute approximate surface area is 145 Å². The molecule has 0 aliphatic carbocycles. The molecule has 7 nitrogen and oxygen atoms in total. The van der Waals surface area contributed by atoms with Gasteiger partial charge in [0.15, 0.2) is 6.61 Å². The van der Waals surface area contributed by atoms with Crippen LogP contribution in [-0.2, 0) is 19.1 Å². The van der Waals surface area contributed by atoms with Gasteiger partial charge in [-0.3, -0.25) is 4.79 Å². The molecule has 2 rings (SSSR count). The van der Waals surface area contributed by atoms with Gasteiger partial charge in [-0.05, 0) is 12.0 Å². The number of ether oxygens (including phenoxy) is 2. The number of hydrogen-bond acceptors (Lipinski definition) is 5. The van der Waals surface area contributed by atoms with E-state index in [0.29, 0.717) is 12.0 Å². The van der Waals surface area contributed by atoms with Crippen molar-refractivity contribution in [2.75, 3.05) is 13.7 Å². The second kappa shape index (κ2) is 8.32. The maximum absolute atomic E-state index is 12.2. The maximum Gasteiger partial charge on any atom is 0.340 e. The summed E-state index contributed by atoms with van der Waals surface area (Å²) in [6.45, 7) is 3.27. The molecule has 2 atom stereocenters. The van der Waals surface area contributed by atoms with E-state index in [2.05, 4.69) is 10.3 Å². The molecule has 0 aliphatic rings. The minimum absolute atomic E-state index is 0.0966. The minimum Gasteiger partial charge on any atom is -0.467 e. The summed E-state index contributed by atoms with van der Waals surface area (Å²) < 4.78 is 9.76. The van der Waals surface area contributed by atoms with E-state index in [-0.39, 0.29) is 5.92 Å². The monoisotopic (exact) mass is 346 g/mol. The van der Waals surface area contributed by atoms with Gasteiger partial charge in [0.1, 0.15) is 6.04 Å². The number of aromatic amines is 1. The molecule has 134 valence electrons. The summed E-state index contributed by atoms with van der Waals surface area (Å²) in [6, 6.07) is 6.52. The lowest BCUT2D eigenvalue weighted by atomic mass is 9.99. The van der Waals surface area contributed by atoms with Crippen molar-refractivity contribution in [3.63, 3.8) is 0 Å². The van der Waals surface area contributed by atoms with Crippen molar-refractivity contribution in [1.82, 2.24) is 10.3 Å². The Kier molecular flexibility index (Phi) is 6.16. The van der Waals surface area contributed by atoms with E-state index in [0.717, 1.165) is 10.9 Å². The predicted octanol–water partition coefficient (Wildman–Crippen LogP) is 2.03. The second-order valence-corrected chi connectivity index (χ2v) is 5.78. The van der Waals surface area contributed by atoms with Crippen LogP contribution in [0.15, 0.2) is 30.5 Å². The highest BCUT2D eigenvalue weighted by atomic mass is 16.5. The summed E-state index contributed by atoms with van der Waals surface area (Å²) in [4.78, 5) is 38.9. The van der Waals surface area contributed by atoms with E-state index in [1.165, 1.54) is 7.11 Å². The molecule has 0 unspecified atom stereocenters. The van der Waals surface area contributed by atoms with Crippen LogP contribution < -0.4 is 5.32 Å². The van der Waals surface area contributed by atoms with Crippen LogP contribution in [0, 0.1) is 5.92 Å². The summed E-state index contributed by atoms with van der Waals surface area (Å²) in [5, 5.41) is 3.28. The molecule has 0 fully saturated rings. The molecule has 0 aliphatic heterocycles. The van der Waals surface area contributed by atoms with Gasteiger partial charge in [0.25, 0.3) is 5.91 Å². The Morgan fingerprint density at radius 3 is 2.64 bits per heavy atom. The number of carbonyl (C=O) groups excluding carboxylic acids is 3. The number of fused-ring (bicyclic) bond motifs is 1. The Hall–Kier alpha value is -2.83. The summed E-state index contributed by atoms with van der Waals surface area (Å²) in [6.07, 6.45) is 2.23. The number of amides is 1. The largest absolute Gasteiger partial charge is 0.467 e. The van der Waals surface area contributed by atoms with Crippen molar-refractivity contribution in [2.24, 2.45) is 5.92 Å². The van der Waals surface area contributed by atoms with Gasteiger partial charge in [-0.1, -0.05) is 38.5 Å².